The van der Waals surface area contributed by atoms with Crippen molar-refractivity contribution in [1.29, 1.82) is 0 Å². The van der Waals surface area contributed by atoms with Crippen molar-refractivity contribution in [2.45, 2.75) is 39.1 Å². The van der Waals surface area contributed by atoms with Crippen molar-refractivity contribution >= 4 is 28.6 Å². The second-order valence-corrected chi connectivity index (χ2v) is 8.62. The molecule has 1 N–H and O–H groups in total. The Morgan fingerprint density at radius 2 is 1.74 bits per heavy atom. The average Bonchev–Trinajstić information content (AvgIpc) is 2.77. The first kappa shape index (κ1) is 31.1. The van der Waals surface area contributed by atoms with Crippen molar-refractivity contribution < 1.29 is 55.2 Å². The number of alkyl halides is 6. The number of aliphatic carboxylic acids is 1. The molecule has 2 aromatic carbocycles. The molecule has 0 bridgehead atoms. The largest absolute Gasteiger partial charge is 0.573 e. The molecule has 0 unspecified atom stereocenters. The topological polar surface area (TPSA) is 74.2 Å². The second-order valence-electron chi connectivity index (χ2n) is 7.45. The summed E-state index contributed by atoms with van der Waals surface area (Å²) in [5.41, 5.74) is 0.845. The van der Waals surface area contributed by atoms with Crippen LogP contribution in [-0.2, 0) is 16.0 Å². The van der Waals surface area contributed by atoms with Crippen LogP contribution in [0.4, 0.5) is 26.3 Å². The molecule has 2 aromatic rings. The number of benzene rings is 2. The molecule has 0 saturated carbocycles. The maximum atomic E-state index is 12.7. The molecule has 0 heterocycles. The van der Waals surface area contributed by atoms with E-state index >= 15 is 0 Å². The summed E-state index contributed by atoms with van der Waals surface area (Å²) < 4.78 is 94.4. The van der Waals surface area contributed by atoms with Crippen LogP contribution in [0.1, 0.15) is 25.0 Å². The van der Waals surface area contributed by atoms with E-state index in [2.05, 4.69) is 21.3 Å². The predicted molar refractivity (Wildman–Crippen MR) is 132 cm³/mol. The zero-order valence-electron chi connectivity index (χ0n) is 19.9. The van der Waals surface area contributed by atoms with E-state index < -0.39 is 36.3 Å². The summed E-state index contributed by atoms with van der Waals surface area (Å²) in [5, 5.41) is 9.22. The van der Waals surface area contributed by atoms with Crippen LogP contribution in [0.2, 0.25) is 0 Å². The van der Waals surface area contributed by atoms with Gasteiger partial charge < -0.3 is 24.1 Å². The molecule has 0 saturated heterocycles. The Morgan fingerprint density at radius 1 is 1.05 bits per heavy atom. The molecule has 0 aliphatic rings. The number of ether oxygens (including phenoxy) is 4. The fraction of sp³-hybridized carbons (Fsp3) is 0.320. The Balaban J connectivity index is 2.10. The van der Waals surface area contributed by atoms with Crippen molar-refractivity contribution in [2.75, 3.05) is 13.2 Å². The van der Waals surface area contributed by atoms with Gasteiger partial charge in [0.25, 0.3) is 0 Å². The van der Waals surface area contributed by atoms with Gasteiger partial charge in [-0.15, -0.1) is 26.3 Å². The smallest absolute Gasteiger partial charge is 0.488 e. The minimum atomic E-state index is -5.16. The Labute approximate surface area is 227 Å². The van der Waals surface area contributed by atoms with Crippen LogP contribution in [-0.4, -0.2) is 43.1 Å². The van der Waals surface area contributed by atoms with E-state index in [0.29, 0.717) is 21.0 Å². The van der Waals surface area contributed by atoms with E-state index in [9.17, 15) is 36.2 Å². The number of hydrogen-bond acceptors (Lipinski definition) is 5. The lowest BCUT2D eigenvalue weighted by atomic mass is 10.1. The van der Waals surface area contributed by atoms with Gasteiger partial charge in [-0.3, -0.25) is 0 Å². The van der Waals surface area contributed by atoms with E-state index in [4.69, 9.17) is 9.47 Å². The molecular weight excluding hydrogens is 637 g/mol. The number of rotatable bonds is 10. The van der Waals surface area contributed by atoms with E-state index in [1.165, 1.54) is 0 Å². The van der Waals surface area contributed by atoms with E-state index in [1.807, 2.05) is 22.6 Å². The number of carboxylic acid groups (broad SMARTS) is 1. The van der Waals surface area contributed by atoms with E-state index in [-0.39, 0.29) is 25.2 Å². The zero-order chi connectivity index (χ0) is 28.5. The highest BCUT2D eigenvalue weighted by molar-refractivity contribution is 14.1. The van der Waals surface area contributed by atoms with Crippen LogP contribution >= 0.6 is 22.6 Å². The first-order valence-corrected chi connectivity index (χ1v) is 11.8. The third-order valence-electron chi connectivity index (χ3n) is 4.50. The number of hydrogen-bond donors (Lipinski definition) is 1. The number of allylic oxidation sites excluding steroid dienone is 1. The summed E-state index contributed by atoms with van der Waals surface area (Å²) in [5.74, 6) is 2.64. The zero-order valence-corrected chi connectivity index (χ0v) is 22.0. The van der Waals surface area contributed by atoms with E-state index in [0.717, 1.165) is 17.7 Å². The van der Waals surface area contributed by atoms with Gasteiger partial charge >= 0.3 is 18.7 Å². The summed E-state index contributed by atoms with van der Waals surface area (Å²) in [7, 11) is 0. The Morgan fingerprint density at radius 3 is 2.32 bits per heavy atom. The van der Waals surface area contributed by atoms with Crippen molar-refractivity contribution in [3.8, 4) is 29.1 Å². The predicted octanol–water partition coefficient (Wildman–Crippen LogP) is 6.50. The van der Waals surface area contributed by atoms with Gasteiger partial charge in [0.05, 0.1) is 9.13 Å². The van der Waals surface area contributed by atoms with Crippen LogP contribution in [0.3, 0.4) is 0 Å². The molecule has 206 valence electrons. The summed E-state index contributed by atoms with van der Waals surface area (Å²) in [4.78, 5) is 11.3. The standard InChI is InChI=1S/C25H21F6IO6/c1-3-35-22(23(33)34)13-16-5-9-20(19(32)12-16)36-11-10-15(2)4-6-17-7-8-18(37-24(26,27)28)14-21(17)38-25(29,30)31/h5,7-10,12,14,22H,3,11,13H2,1-2H3,(H,33,34)/b15-10+/t22-/m0/s1. The second kappa shape index (κ2) is 13.6. The monoisotopic (exact) mass is 658 g/mol. The van der Waals surface area contributed by atoms with Crippen molar-refractivity contribution in [3.05, 3.63) is 62.7 Å². The summed E-state index contributed by atoms with van der Waals surface area (Å²) >= 11 is 2.03. The molecule has 0 aromatic heterocycles. The Hall–Kier alpha value is -3.12. The minimum absolute atomic E-state index is 0.0524. The molecule has 0 spiro atoms. The molecular formula is C25H21F6IO6. The number of halogens is 7. The highest BCUT2D eigenvalue weighted by atomic mass is 127. The average molecular weight is 658 g/mol. The molecule has 2 rings (SSSR count). The van der Waals surface area contributed by atoms with Gasteiger partial charge in [0.15, 0.2) is 6.10 Å². The van der Waals surface area contributed by atoms with Gasteiger partial charge in [-0.2, -0.15) is 0 Å². The molecule has 13 heteroatoms. The van der Waals surface area contributed by atoms with Crippen LogP contribution in [0.25, 0.3) is 0 Å². The Kier molecular flexibility index (Phi) is 11.1. The molecule has 0 aliphatic heterocycles. The van der Waals surface area contributed by atoms with Crippen molar-refractivity contribution in [2.24, 2.45) is 0 Å². The van der Waals surface area contributed by atoms with Crippen LogP contribution in [0.15, 0.2) is 48.0 Å². The van der Waals surface area contributed by atoms with Crippen LogP contribution in [0.5, 0.6) is 17.2 Å². The van der Waals surface area contributed by atoms with Crippen LogP contribution < -0.4 is 14.2 Å². The van der Waals surface area contributed by atoms with Crippen LogP contribution in [0, 0.1) is 15.4 Å². The van der Waals surface area contributed by atoms with Crippen molar-refractivity contribution in [3.63, 3.8) is 0 Å². The minimum Gasteiger partial charge on any atom is -0.488 e. The normalized spacial score (nSPS) is 12.8. The first-order chi connectivity index (χ1) is 17.7. The molecule has 38 heavy (non-hydrogen) atoms. The molecule has 0 aliphatic carbocycles. The molecule has 1 atom stereocenters. The fourth-order valence-corrected chi connectivity index (χ4v) is 3.64. The maximum absolute atomic E-state index is 12.7. The third-order valence-corrected chi connectivity index (χ3v) is 5.34. The quantitative estimate of drug-likeness (QED) is 0.179. The van der Waals surface area contributed by atoms with Gasteiger partial charge in [0.1, 0.15) is 23.9 Å². The number of carbonyl (C=O) groups is 1. The lowest BCUT2D eigenvalue weighted by Crippen LogP contribution is -2.26. The molecule has 0 radical (unpaired) electrons. The SMILES string of the molecule is CCO[C@@H](Cc1ccc(OC/C=C(\C)C#Cc2ccc(OC(F)(F)F)cc2OC(F)(F)F)c(I)c1)C(=O)O. The molecule has 0 fully saturated rings. The van der Waals surface area contributed by atoms with Gasteiger partial charge in [0.2, 0.25) is 0 Å². The molecule has 0 amide bonds. The lowest BCUT2D eigenvalue weighted by Gasteiger charge is -2.14. The highest BCUT2D eigenvalue weighted by Crippen LogP contribution is 2.32. The molecule has 6 nitrogen and oxygen atoms in total. The van der Waals surface area contributed by atoms with Crippen molar-refractivity contribution in [1.82, 2.24) is 0 Å². The third kappa shape index (κ3) is 11.1. The first-order valence-electron chi connectivity index (χ1n) is 10.8. The number of carboxylic acids is 1. The van der Waals surface area contributed by atoms with Gasteiger partial charge in [0, 0.05) is 19.1 Å². The van der Waals surface area contributed by atoms with Gasteiger partial charge in [-0.05, 0) is 77.9 Å². The summed E-state index contributed by atoms with van der Waals surface area (Å²) in [6, 6.07) is 7.32. The van der Waals surface area contributed by atoms with Gasteiger partial charge in [-0.25, -0.2) is 4.79 Å². The van der Waals surface area contributed by atoms with E-state index in [1.54, 1.807) is 38.1 Å². The summed E-state index contributed by atoms with van der Waals surface area (Å²) in [6.07, 6.45) is -9.49. The Bertz CT molecular complexity index is 1210. The lowest BCUT2D eigenvalue weighted by molar-refractivity contribution is -0.276. The summed E-state index contributed by atoms with van der Waals surface area (Å²) in [6.45, 7) is 3.58. The van der Waals surface area contributed by atoms with Gasteiger partial charge in [-0.1, -0.05) is 17.9 Å². The maximum Gasteiger partial charge on any atom is 0.573 e. The fourth-order valence-electron chi connectivity index (χ4n) is 2.91. The highest BCUT2D eigenvalue weighted by Gasteiger charge is 2.34.